The van der Waals surface area contributed by atoms with Crippen LogP contribution in [0.25, 0.3) is 0 Å². The standard InChI is InChI=1S/C11H12FN3O/c1-8(3-4-13)15(2)11(16)9-5-10(12)7-14-6-9/h5-8H,3H2,1-2H3. The number of hydrogen-bond donors (Lipinski definition) is 0. The van der Waals surface area contributed by atoms with E-state index >= 15 is 0 Å². The predicted molar refractivity (Wildman–Crippen MR) is 56.0 cm³/mol. The van der Waals surface area contributed by atoms with Gasteiger partial charge in [0.2, 0.25) is 0 Å². The summed E-state index contributed by atoms with van der Waals surface area (Å²) in [6.45, 7) is 1.76. The molecule has 0 aliphatic rings. The number of rotatable bonds is 3. The van der Waals surface area contributed by atoms with Crippen LogP contribution in [0.15, 0.2) is 18.5 Å². The van der Waals surface area contributed by atoms with E-state index in [2.05, 4.69) is 4.98 Å². The van der Waals surface area contributed by atoms with Crippen LogP contribution in [0.3, 0.4) is 0 Å². The van der Waals surface area contributed by atoms with Crippen LogP contribution in [0.4, 0.5) is 4.39 Å². The summed E-state index contributed by atoms with van der Waals surface area (Å²) in [5, 5.41) is 8.52. The molecular formula is C11H12FN3O. The molecule has 0 N–H and O–H groups in total. The number of hydrogen-bond acceptors (Lipinski definition) is 3. The van der Waals surface area contributed by atoms with E-state index in [-0.39, 0.29) is 23.9 Å². The fourth-order valence-corrected chi connectivity index (χ4v) is 1.20. The van der Waals surface area contributed by atoms with Crippen molar-refractivity contribution >= 4 is 5.91 Å². The molecule has 0 aliphatic carbocycles. The monoisotopic (exact) mass is 221 g/mol. The number of halogens is 1. The Kier molecular flexibility index (Phi) is 3.95. The van der Waals surface area contributed by atoms with E-state index in [0.717, 1.165) is 12.3 Å². The first-order valence-corrected chi connectivity index (χ1v) is 4.81. The molecule has 1 heterocycles. The molecule has 0 bridgehead atoms. The summed E-state index contributed by atoms with van der Waals surface area (Å²) in [4.78, 5) is 16.8. The number of amides is 1. The van der Waals surface area contributed by atoms with Crippen molar-refractivity contribution < 1.29 is 9.18 Å². The lowest BCUT2D eigenvalue weighted by atomic mass is 10.2. The van der Waals surface area contributed by atoms with Gasteiger partial charge in [0.25, 0.3) is 5.91 Å². The van der Waals surface area contributed by atoms with Crippen LogP contribution in [0.2, 0.25) is 0 Å². The molecule has 4 nitrogen and oxygen atoms in total. The number of nitrogens with zero attached hydrogens (tertiary/aromatic N) is 3. The highest BCUT2D eigenvalue weighted by molar-refractivity contribution is 5.93. The second-order valence-corrected chi connectivity index (χ2v) is 3.52. The van der Waals surface area contributed by atoms with Crippen molar-refractivity contribution in [1.82, 2.24) is 9.88 Å². The highest BCUT2D eigenvalue weighted by Crippen LogP contribution is 2.08. The van der Waals surface area contributed by atoms with E-state index in [0.29, 0.717) is 0 Å². The number of carbonyl (C=O) groups excluding carboxylic acids is 1. The third-order valence-corrected chi connectivity index (χ3v) is 2.32. The zero-order chi connectivity index (χ0) is 12.1. The lowest BCUT2D eigenvalue weighted by Gasteiger charge is -2.22. The first kappa shape index (κ1) is 12.1. The molecule has 0 spiro atoms. The summed E-state index contributed by atoms with van der Waals surface area (Å²) in [5.74, 6) is -0.887. The fraction of sp³-hybridized carbons (Fsp3) is 0.364. The van der Waals surface area contributed by atoms with Gasteiger partial charge in [0.15, 0.2) is 0 Å². The van der Waals surface area contributed by atoms with Crippen molar-refractivity contribution in [2.75, 3.05) is 7.05 Å². The van der Waals surface area contributed by atoms with Gasteiger partial charge in [0, 0.05) is 19.3 Å². The van der Waals surface area contributed by atoms with E-state index in [1.807, 2.05) is 6.07 Å². The highest BCUT2D eigenvalue weighted by atomic mass is 19.1. The van der Waals surface area contributed by atoms with Gasteiger partial charge in [-0.2, -0.15) is 5.26 Å². The maximum atomic E-state index is 12.9. The van der Waals surface area contributed by atoms with Gasteiger partial charge < -0.3 is 4.90 Å². The van der Waals surface area contributed by atoms with E-state index in [4.69, 9.17) is 5.26 Å². The Labute approximate surface area is 93.3 Å². The molecule has 1 unspecified atom stereocenters. The molecule has 5 heteroatoms. The molecule has 1 aromatic heterocycles. The Balaban J connectivity index is 2.82. The maximum absolute atomic E-state index is 12.9. The fourth-order valence-electron chi connectivity index (χ4n) is 1.20. The molecule has 1 aromatic rings. The Morgan fingerprint density at radius 2 is 2.38 bits per heavy atom. The van der Waals surface area contributed by atoms with Crippen LogP contribution in [-0.4, -0.2) is 28.9 Å². The largest absolute Gasteiger partial charge is 0.338 e. The van der Waals surface area contributed by atoms with Crippen molar-refractivity contribution in [3.63, 3.8) is 0 Å². The number of nitriles is 1. The summed E-state index contributed by atoms with van der Waals surface area (Å²) in [5.41, 5.74) is 0.187. The molecule has 1 amide bonds. The van der Waals surface area contributed by atoms with Gasteiger partial charge >= 0.3 is 0 Å². The zero-order valence-electron chi connectivity index (χ0n) is 9.14. The molecule has 0 radical (unpaired) electrons. The predicted octanol–water partition coefficient (Wildman–Crippen LogP) is 1.59. The van der Waals surface area contributed by atoms with Gasteiger partial charge in [-0.1, -0.05) is 0 Å². The van der Waals surface area contributed by atoms with Gasteiger partial charge in [-0.05, 0) is 13.0 Å². The summed E-state index contributed by atoms with van der Waals surface area (Å²) >= 11 is 0. The topological polar surface area (TPSA) is 57.0 Å². The number of aromatic nitrogens is 1. The SMILES string of the molecule is CC(CC#N)N(C)C(=O)c1cncc(F)c1. The lowest BCUT2D eigenvalue weighted by Crippen LogP contribution is -2.34. The Morgan fingerprint density at radius 1 is 1.69 bits per heavy atom. The third kappa shape index (κ3) is 2.76. The van der Waals surface area contributed by atoms with Crippen molar-refractivity contribution in [2.24, 2.45) is 0 Å². The van der Waals surface area contributed by atoms with Crippen molar-refractivity contribution in [1.29, 1.82) is 5.26 Å². The van der Waals surface area contributed by atoms with Gasteiger partial charge in [-0.3, -0.25) is 9.78 Å². The third-order valence-electron chi connectivity index (χ3n) is 2.32. The van der Waals surface area contributed by atoms with E-state index in [1.54, 1.807) is 14.0 Å². The molecule has 0 fully saturated rings. The average molecular weight is 221 g/mol. The van der Waals surface area contributed by atoms with Crippen molar-refractivity contribution in [3.05, 3.63) is 29.8 Å². The van der Waals surface area contributed by atoms with E-state index < -0.39 is 5.82 Å². The minimum atomic E-state index is -0.549. The average Bonchev–Trinajstić information content (AvgIpc) is 2.27. The lowest BCUT2D eigenvalue weighted by molar-refractivity contribution is 0.0745. The zero-order valence-corrected chi connectivity index (χ0v) is 9.14. The molecule has 0 aliphatic heterocycles. The molecule has 1 rings (SSSR count). The molecular weight excluding hydrogens is 209 g/mol. The van der Waals surface area contributed by atoms with Crippen LogP contribution in [0, 0.1) is 17.1 Å². The van der Waals surface area contributed by atoms with Gasteiger partial charge in [-0.15, -0.1) is 0 Å². The van der Waals surface area contributed by atoms with Crippen molar-refractivity contribution in [2.45, 2.75) is 19.4 Å². The quantitative estimate of drug-likeness (QED) is 0.778. The first-order valence-electron chi connectivity index (χ1n) is 4.81. The first-order chi connectivity index (χ1) is 7.56. The van der Waals surface area contributed by atoms with Gasteiger partial charge in [0.1, 0.15) is 5.82 Å². The minimum absolute atomic E-state index is 0.187. The van der Waals surface area contributed by atoms with Crippen LogP contribution in [-0.2, 0) is 0 Å². The van der Waals surface area contributed by atoms with Gasteiger partial charge in [-0.25, -0.2) is 4.39 Å². The maximum Gasteiger partial charge on any atom is 0.255 e. The van der Waals surface area contributed by atoms with Crippen LogP contribution >= 0.6 is 0 Å². The minimum Gasteiger partial charge on any atom is -0.338 e. The molecule has 0 aromatic carbocycles. The normalized spacial score (nSPS) is 11.6. The Bertz CT molecular complexity index is 427. The van der Waals surface area contributed by atoms with Crippen molar-refractivity contribution in [3.8, 4) is 6.07 Å². The molecule has 0 saturated heterocycles. The molecule has 0 saturated carbocycles. The Hall–Kier alpha value is -1.96. The van der Waals surface area contributed by atoms with Crippen LogP contribution < -0.4 is 0 Å². The van der Waals surface area contributed by atoms with Gasteiger partial charge in [0.05, 0.1) is 24.3 Å². The summed E-state index contributed by atoms with van der Waals surface area (Å²) in [6, 6.07) is 2.90. The summed E-state index contributed by atoms with van der Waals surface area (Å²) < 4.78 is 12.9. The molecule has 84 valence electrons. The molecule has 1 atom stereocenters. The van der Waals surface area contributed by atoms with E-state index in [1.165, 1.54) is 11.1 Å². The highest BCUT2D eigenvalue weighted by Gasteiger charge is 2.17. The number of carbonyl (C=O) groups is 1. The summed E-state index contributed by atoms with van der Waals surface area (Å²) in [7, 11) is 1.58. The van der Waals surface area contributed by atoms with Crippen LogP contribution in [0.5, 0.6) is 0 Å². The smallest absolute Gasteiger partial charge is 0.255 e. The Morgan fingerprint density at radius 3 is 2.94 bits per heavy atom. The van der Waals surface area contributed by atoms with Crippen LogP contribution in [0.1, 0.15) is 23.7 Å². The van der Waals surface area contributed by atoms with E-state index in [9.17, 15) is 9.18 Å². The second-order valence-electron chi connectivity index (χ2n) is 3.52. The summed E-state index contributed by atoms with van der Waals surface area (Å²) in [6.07, 6.45) is 2.58. The second kappa shape index (κ2) is 5.21. The molecule has 16 heavy (non-hydrogen) atoms. The number of pyridine rings is 1.